The normalized spacial score (nSPS) is 20.0. The molecule has 0 amide bonds. The molecule has 1 aliphatic carbocycles. The Morgan fingerprint density at radius 2 is 1.78 bits per heavy atom. The zero-order valence-electron chi connectivity index (χ0n) is 21.9. The summed E-state index contributed by atoms with van der Waals surface area (Å²) in [6.07, 6.45) is 3.15. The van der Waals surface area contributed by atoms with E-state index in [1.165, 1.54) is 0 Å². The number of fused-ring (bicyclic) bond motifs is 4. The first kappa shape index (κ1) is 25.8. The summed E-state index contributed by atoms with van der Waals surface area (Å²) in [5.41, 5.74) is 2.71. The van der Waals surface area contributed by atoms with Crippen molar-refractivity contribution in [1.29, 1.82) is 0 Å². The third kappa shape index (κ3) is 4.49. The number of phenols is 1. The highest BCUT2D eigenvalue weighted by atomic mass is 16.7. The molecule has 0 bridgehead atoms. The van der Waals surface area contributed by atoms with Gasteiger partial charge in [-0.15, -0.1) is 0 Å². The van der Waals surface area contributed by atoms with Crippen molar-refractivity contribution in [1.82, 2.24) is 0 Å². The van der Waals surface area contributed by atoms with Crippen LogP contribution < -0.4 is 23.7 Å². The van der Waals surface area contributed by atoms with Gasteiger partial charge in [-0.1, -0.05) is 33.6 Å². The standard InChI is InChI=1S/C28H36O8/c1-7-8-9-10-21(29)36-25-16(3)15(2)11-17-12-19(31-4)27(32-5)28(33-6)22(17)23-18(25)13-20-26(24(23)30)35-14-34-20/h12-13,15-16,25,30H,7-11,14H2,1-6H3/t15-,16-,25-/m1/s1. The molecule has 8 heteroatoms. The molecule has 1 heterocycles. The molecule has 196 valence electrons. The summed E-state index contributed by atoms with van der Waals surface area (Å²) in [5, 5.41) is 11.5. The number of ether oxygens (including phenoxy) is 6. The van der Waals surface area contributed by atoms with Crippen LogP contribution in [0, 0.1) is 11.8 Å². The third-order valence-corrected chi connectivity index (χ3v) is 7.30. The average molecular weight is 501 g/mol. The fourth-order valence-electron chi connectivity index (χ4n) is 5.18. The van der Waals surface area contributed by atoms with E-state index in [0.717, 1.165) is 24.8 Å². The largest absolute Gasteiger partial charge is 0.504 e. The van der Waals surface area contributed by atoms with Crippen LogP contribution in [0.4, 0.5) is 0 Å². The first-order chi connectivity index (χ1) is 17.4. The van der Waals surface area contributed by atoms with Gasteiger partial charge in [0, 0.05) is 29.0 Å². The van der Waals surface area contributed by atoms with Crippen molar-refractivity contribution in [3.63, 3.8) is 0 Å². The number of carbonyl (C=O) groups is 1. The molecule has 2 aliphatic rings. The van der Waals surface area contributed by atoms with E-state index in [0.29, 0.717) is 52.5 Å². The fraction of sp³-hybridized carbons (Fsp3) is 0.536. The number of hydrogen-bond donors (Lipinski definition) is 1. The van der Waals surface area contributed by atoms with E-state index in [-0.39, 0.29) is 36.1 Å². The Morgan fingerprint density at radius 1 is 1.03 bits per heavy atom. The topological polar surface area (TPSA) is 92.7 Å². The highest BCUT2D eigenvalue weighted by Crippen LogP contribution is 2.58. The fourth-order valence-corrected chi connectivity index (χ4v) is 5.18. The molecule has 0 unspecified atom stereocenters. The SMILES string of the molecule is CCCCCC(=O)O[C@H]1c2cc3c(c(O)c2-c2c(cc(OC)c(OC)c2OC)C[C@@H](C)[C@H]1C)OCO3. The maximum Gasteiger partial charge on any atom is 0.306 e. The molecule has 3 atom stereocenters. The molecule has 2 aromatic carbocycles. The molecule has 0 saturated heterocycles. The van der Waals surface area contributed by atoms with Crippen LogP contribution in [-0.2, 0) is 16.0 Å². The van der Waals surface area contributed by atoms with E-state index >= 15 is 0 Å². The maximum atomic E-state index is 12.9. The van der Waals surface area contributed by atoms with Gasteiger partial charge >= 0.3 is 5.97 Å². The number of unbranched alkanes of at least 4 members (excludes halogenated alkanes) is 2. The summed E-state index contributed by atoms with van der Waals surface area (Å²) in [6.45, 7) is 6.30. The molecule has 0 fully saturated rings. The second-order valence-electron chi connectivity index (χ2n) is 9.51. The van der Waals surface area contributed by atoms with Crippen LogP contribution >= 0.6 is 0 Å². The van der Waals surface area contributed by atoms with Gasteiger partial charge in [0.15, 0.2) is 23.0 Å². The van der Waals surface area contributed by atoms with Gasteiger partial charge in [-0.05, 0) is 36.5 Å². The van der Waals surface area contributed by atoms with Crippen LogP contribution in [0.1, 0.15) is 63.7 Å². The third-order valence-electron chi connectivity index (χ3n) is 7.30. The minimum atomic E-state index is -0.601. The smallest absolute Gasteiger partial charge is 0.306 e. The van der Waals surface area contributed by atoms with Crippen LogP contribution in [0.25, 0.3) is 11.1 Å². The predicted molar refractivity (Wildman–Crippen MR) is 134 cm³/mol. The van der Waals surface area contributed by atoms with Crippen molar-refractivity contribution in [2.24, 2.45) is 11.8 Å². The Morgan fingerprint density at radius 3 is 2.44 bits per heavy atom. The summed E-state index contributed by atoms with van der Waals surface area (Å²) in [5.74, 6) is 1.79. The van der Waals surface area contributed by atoms with Gasteiger partial charge in [-0.25, -0.2) is 0 Å². The number of aromatic hydroxyl groups is 1. The summed E-state index contributed by atoms with van der Waals surface area (Å²) < 4.78 is 34.5. The molecule has 1 N–H and O–H groups in total. The molecule has 1 aliphatic heterocycles. The molecule has 0 radical (unpaired) electrons. The van der Waals surface area contributed by atoms with Crippen LogP contribution in [0.15, 0.2) is 12.1 Å². The van der Waals surface area contributed by atoms with Gasteiger partial charge < -0.3 is 33.5 Å². The van der Waals surface area contributed by atoms with Crippen LogP contribution in [0.2, 0.25) is 0 Å². The maximum absolute atomic E-state index is 12.9. The Labute approximate surface area is 212 Å². The van der Waals surface area contributed by atoms with Gasteiger partial charge in [0.1, 0.15) is 6.10 Å². The van der Waals surface area contributed by atoms with Gasteiger partial charge in [0.25, 0.3) is 0 Å². The van der Waals surface area contributed by atoms with Crippen molar-refractivity contribution < 1.29 is 38.3 Å². The number of benzene rings is 2. The summed E-state index contributed by atoms with van der Waals surface area (Å²) >= 11 is 0. The van der Waals surface area contributed by atoms with Gasteiger partial charge in [0.2, 0.25) is 18.3 Å². The van der Waals surface area contributed by atoms with Crippen LogP contribution in [0.5, 0.6) is 34.5 Å². The Hall–Kier alpha value is -3.29. The molecular formula is C28H36O8. The van der Waals surface area contributed by atoms with Gasteiger partial charge in [-0.2, -0.15) is 0 Å². The summed E-state index contributed by atoms with van der Waals surface area (Å²) in [7, 11) is 4.68. The minimum absolute atomic E-state index is 0.00482. The van der Waals surface area contributed by atoms with E-state index in [4.69, 9.17) is 28.4 Å². The second kappa shape index (κ2) is 10.8. The van der Waals surface area contributed by atoms with E-state index in [1.54, 1.807) is 21.3 Å². The summed E-state index contributed by atoms with van der Waals surface area (Å²) in [4.78, 5) is 12.9. The molecule has 8 nitrogen and oxygen atoms in total. The van der Waals surface area contributed by atoms with Crippen LogP contribution in [-0.4, -0.2) is 39.2 Å². The first-order valence-corrected chi connectivity index (χ1v) is 12.5. The summed E-state index contributed by atoms with van der Waals surface area (Å²) in [6, 6.07) is 3.74. The lowest BCUT2D eigenvalue weighted by Crippen LogP contribution is -2.26. The Balaban J connectivity index is 1.98. The predicted octanol–water partition coefficient (Wildman–Crippen LogP) is 5.81. The lowest BCUT2D eigenvalue weighted by atomic mass is 9.76. The molecule has 0 spiro atoms. The quantitative estimate of drug-likeness (QED) is 0.359. The van der Waals surface area contributed by atoms with E-state index < -0.39 is 6.10 Å². The number of rotatable bonds is 8. The number of esters is 1. The van der Waals surface area contributed by atoms with E-state index in [2.05, 4.69) is 20.8 Å². The Kier molecular flexibility index (Phi) is 7.71. The van der Waals surface area contributed by atoms with Crippen molar-refractivity contribution >= 4 is 5.97 Å². The van der Waals surface area contributed by atoms with Crippen molar-refractivity contribution in [3.05, 3.63) is 23.3 Å². The lowest BCUT2D eigenvalue weighted by molar-refractivity contribution is -0.153. The van der Waals surface area contributed by atoms with Gasteiger partial charge in [0.05, 0.1) is 21.3 Å². The van der Waals surface area contributed by atoms with Crippen molar-refractivity contribution in [2.75, 3.05) is 28.1 Å². The number of hydrogen-bond acceptors (Lipinski definition) is 8. The zero-order chi connectivity index (χ0) is 26.0. The molecule has 36 heavy (non-hydrogen) atoms. The zero-order valence-corrected chi connectivity index (χ0v) is 21.9. The average Bonchev–Trinajstić information content (AvgIpc) is 3.35. The number of carbonyl (C=O) groups excluding carboxylic acids is 1. The molecule has 0 aromatic heterocycles. The van der Waals surface area contributed by atoms with Crippen molar-refractivity contribution in [2.45, 2.75) is 59.0 Å². The highest BCUT2D eigenvalue weighted by molar-refractivity contribution is 5.88. The number of phenolic OH excluding ortho intramolecular Hbond substituents is 1. The molecule has 2 aromatic rings. The molecular weight excluding hydrogens is 464 g/mol. The van der Waals surface area contributed by atoms with E-state index in [9.17, 15) is 9.90 Å². The Bertz CT molecular complexity index is 1130. The minimum Gasteiger partial charge on any atom is -0.504 e. The highest BCUT2D eigenvalue weighted by Gasteiger charge is 2.39. The van der Waals surface area contributed by atoms with Crippen molar-refractivity contribution in [3.8, 4) is 45.6 Å². The van der Waals surface area contributed by atoms with E-state index in [1.807, 2.05) is 12.1 Å². The number of methoxy groups -OCH3 is 3. The molecule has 0 saturated carbocycles. The second-order valence-corrected chi connectivity index (χ2v) is 9.51. The van der Waals surface area contributed by atoms with Gasteiger partial charge in [-0.3, -0.25) is 4.79 Å². The monoisotopic (exact) mass is 500 g/mol. The van der Waals surface area contributed by atoms with Crippen LogP contribution in [0.3, 0.4) is 0 Å². The first-order valence-electron chi connectivity index (χ1n) is 12.5. The molecule has 4 rings (SSSR count). The lowest BCUT2D eigenvalue weighted by Gasteiger charge is -2.35.